The molecule has 1 amide bonds. The van der Waals surface area contributed by atoms with Crippen LogP contribution in [0.4, 0.5) is 0 Å². The fourth-order valence-electron chi connectivity index (χ4n) is 2.59. The lowest BCUT2D eigenvalue weighted by Gasteiger charge is -2.13. The minimum absolute atomic E-state index is 0.0582. The SMILES string of the molecule is COCc1c(Br)c(C)nc(OCC(=O)N/N=C\c2cc3c(cc2Br)OCO3)c1C#N. The highest BCUT2D eigenvalue weighted by Gasteiger charge is 2.19. The molecule has 0 unspecified atom stereocenters. The molecule has 1 aliphatic heterocycles. The Morgan fingerprint density at radius 3 is 2.83 bits per heavy atom. The molecule has 30 heavy (non-hydrogen) atoms. The lowest BCUT2D eigenvalue weighted by Crippen LogP contribution is -2.25. The number of methoxy groups -OCH3 is 1. The van der Waals surface area contributed by atoms with Crippen molar-refractivity contribution in [1.29, 1.82) is 5.26 Å². The van der Waals surface area contributed by atoms with Crippen molar-refractivity contribution < 1.29 is 23.7 Å². The van der Waals surface area contributed by atoms with E-state index >= 15 is 0 Å². The fraction of sp³-hybridized carbons (Fsp3) is 0.263. The molecule has 0 fully saturated rings. The Morgan fingerprint density at radius 1 is 1.40 bits per heavy atom. The molecular weight excluding hydrogens is 524 g/mol. The summed E-state index contributed by atoms with van der Waals surface area (Å²) in [4.78, 5) is 16.3. The van der Waals surface area contributed by atoms with E-state index in [0.29, 0.717) is 32.8 Å². The van der Waals surface area contributed by atoms with Crippen LogP contribution < -0.4 is 19.6 Å². The van der Waals surface area contributed by atoms with Crippen molar-refractivity contribution >= 4 is 44.0 Å². The van der Waals surface area contributed by atoms with Crippen LogP contribution in [0.2, 0.25) is 0 Å². The van der Waals surface area contributed by atoms with Gasteiger partial charge in [0.2, 0.25) is 12.7 Å². The van der Waals surface area contributed by atoms with Crippen LogP contribution in [-0.2, 0) is 16.1 Å². The zero-order chi connectivity index (χ0) is 21.7. The number of ether oxygens (including phenoxy) is 4. The summed E-state index contributed by atoms with van der Waals surface area (Å²) >= 11 is 6.81. The normalized spacial score (nSPS) is 12.1. The van der Waals surface area contributed by atoms with Crippen LogP contribution in [0.1, 0.15) is 22.4 Å². The number of benzene rings is 1. The predicted octanol–water partition coefficient (Wildman–Crippen LogP) is 3.19. The van der Waals surface area contributed by atoms with Crippen molar-refractivity contribution in [2.45, 2.75) is 13.5 Å². The molecule has 0 spiro atoms. The zero-order valence-corrected chi connectivity index (χ0v) is 19.2. The van der Waals surface area contributed by atoms with Gasteiger partial charge in [-0.05, 0) is 50.9 Å². The second kappa shape index (κ2) is 9.88. The van der Waals surface area contributed by atoms with Crippen LogP contribution in [0.3, 0.4) is 0 Å². The molecule has 0 aliphatic carbocycles. The van der Waals surface area contributed by atoms with E-state index in [-0.39, 0.29) is 31.5 Å². The molecule has 2 aromatic rings. The van der Waals surface area contributed by atoms with Gasteiger partial charge in [0.15, 0.2) is 18.1 Å². The number of hydrogen-bond acceptors (Lipinski definition) is 8. The van der Waals surface area contributed by atoms with Crippen molar-refractivity contribution in [3.8, 4) is 23.4 Å². The summed E-state index contributed by atoms with van der Waals surface area (Å²) in [6, 6.07) is 5.55. The van der Waals surface area contributed by atoms with Gasteiger partial charge in [0, 0.05) is 27.2 Å². The standard InChI is InChI=1S/C19H16Br2N4O5/c1-10-18(21)13(7-27-2)12(5-22)19(24-10)28-8-17(26)25-23-6-11-3-15-16(4-14(11)20)30-9-29-15/h3-4,6H,7-9H2,1-2H3,(H,25,26)/b23-6-. The lowest BCUT2D eigenvalue weighted by atomic mass is 10.1. The number of pyridine rings is 1. The molecule has 0 bridgehead atoms. The Morgan fingerprint density at radius 2 is 2.13 bits per heavy atom. The van der Waals surface area contributed by atoms with E-state index in [1.165, 1.54) is 13.3 Å². The molecule has 2 heterocycles. The van der Waals surface area contributed by atoms with Crippen LogP contribution >= 0.6 is 31.9 Å². The third-order valence-corrected chi connectivity index (χ3v) is 5.73. The number of amides is 1. The molecule has 1 aromatic heterocycles. The van der Waals surface area contributed by atoms with E-state index in [0.717, 1.165) is 4.47 Å². The maximum absolute atomic E-state index is 12.1. The maximum atomic E-state index is 12.1. The van der Waals surface area contributed by atoms with E-state index in [9.17, 15) is 10.1 Å². The van der Waals surface area contributed by atoms with Crippen LogP contribution in [0.15, 0.2) is 26.2 Å². The number of nitrogens with zero attached hydrogens (tertiary/aromatic N) is 3. The smallest absolute Gasteiger partial charge is 0.278 e. The predicted molar refractivity (Wildman–Crippen MR) is 114 cm³/mol. The van der Waals surface area contributed by atoms with Gasteiger partial charge in [-0.15, -0.1) is 0 Å². The highest BCUT2D eigenvalue weighted by atomic mass is 79.9. The van der Waals surface area contributed by atoms with Gasteiger partial charge >= 0.3 is 0 Å². The van der Waals surface area contributed by atoms with Crippen molar-refractivity contribution in [3.05, 3.63) is 43.5 Å². The molecular formula is C19H16Br2N4O5. The summed E-state index contributed by atoms with van der Waals surface area (Å²) in [6.07, 6.45) is 1.46. The molecule has 1 N–H and O–H groups in total. The van der Waals surface area contributed by atoms with Gasteiger partial charge < -0.3 is 18.9 Å². The van der Waals surface area contributed by atoms with Gasteiger partial charge in [-0.25, -0.2) is 10.4 Å². The third-order valence-electron chi connectivity index (χ3n) is 3.99. The lowest BCUT2D eigenvalue weighted by molar-refractivity contribution is -0.123. The maximum Gasteiger partial charge on any atom is 0.278 e. The van der Waals surface area contributed by atoms with E-state index in [2.05, 4.69) is 47.4 Å². The highest BCUT2D eigenvalue weighted by molar-refractivity contribution is 9.10. The minimum atomic E-state index is -0.511. The molecule has 1 aliphatic rings. The first kappa shape index (κ1) is 22.0. The van der Waals surface area contributed by atoms with Gasteiger partial charge in [-0.2, -0.15) is 10.4 Å². The van der Waals surface area contributed by atoms with E-state index in [1.54, 1.807) is 19.1 Å². The molecule has 11 heteroatoms. The number of fused-ring (bicyclic) bond motifs is 1. The molecule has 1 aromatic carbocycles. The van der Waals surface area contributed by atoms with Gasteiger partial charge in [0.1, 0.15) is 11.6 Å². The molecule has 9 nitrogen and oxygen atoms in total. The van der Waals surface area contributed by atoms with Crippen LogP contribution in [-0.4, -0.2) is 37.6 Å². The average molecular weight is 540 g/mol. The number of halogens is 2. The summed E-state index contributed by atoms with van der Waals surface area (Å²) < 4.78 is 22.6. The first-order valence-electron chi connectivity index (χ1n) is 8.56. The Labute approximate surface area is 189 Å². The Balaban J connectivity index is 1.64. The number of nitrogens with one attached hydrogen (secondary N) is 1. The van der Waals surface area contributed by atoms with Gasteiger partial charge in [-0.3, -0.25) is 4.79 Å². The average Bonchev–Trinajstić information content (AvgIpc) is 3.17. The number of hydrazone groups is 1. The molecule has 156 valence electrons. The zero-order valence-electron chi connectivity index (χ0n) is 16.0. The van der Waals surface area contributed by atoms with Crippen molar-refractivity contribution in [2.75, 3.05) is 20.5 Å². The van der Waals surface area contributed by atoms with Gasteiger partial charge in [-0.1, -0.05) is 0 Å². The molecule has 0 radical (unpaired) electrons. The quantitative estimate of drug-likeness (QED) is 0.424. The molecule has 0 saturated heterocycles. The monoisotopic (exact) mass is 538 g/mol. The Kier molecular flexibility index (Phi) is 7.25. The molecule has 0 saturated carbocycles. The highest BCUT2D eigenvalue weighted by Crippen LogP contribution is 2.36. The van der Waals surface area contributed by atoms with Crippen LogP contribution in [0, 0.1) is 18.3 Å². The summed E-state index contributed by atoms with van der Waals surface area (Å²) in [6.45, 7) is 1.75. The second-order valence-electron chi connectivity index (χ2n) is 6.02. The number of hydrogen-bond donors (Lipinski definition) is 1. The second-order valence-corrected chi connectivity index (χ2v) is 7.67. The van der Waals surface area contributed by atoms with Gasteiger partial charge in [0.05, 0.1) is 18.5 Å². The third kappa shape index (κ3) is 4.89. The number of nitriles is 1. The van der Waals surface area contributed by atoms with E-state index in [4.69, 9.17) is 18.9 Å². The summed E-state index contributed by atoms with van der Waals surface area (Å²) in [5.74, 6) is 0.780. The largest absolute Gasteiger partial charge is 0.467 e. The van der Waals surface area contributed by atoms with Crippen molar-refractivity contribution in [1.82, 2.24) is 10.4 Å². The van der Waals surface area contributed by atoms with E-state index < -0.39 is 5.91 Å². The number of carbonyl (C=O) groups is 1. The van der Waals surface area contributed by atoms with Crippen LogP contribution in [0.5, 0.6) is 17.4 Å². The van der Waals surface area contributed by atoms with Crippen LogP contribution in [0.25, 0.3) is 0 Å². The van der Waals surface area contributed by atoms with Crippen molar-refractivity contribution in [2.24, 2.45) is 5.10 Å². The summed E-state index contributed by atoms with van der Waals surface area (Å²) in [5.41, 5.74) is 4.49. The first-order chi connectivity index (χ1) is 14.4. The van der Waals surface area contributed by atoms with Crippen molar-refractivity contribution in [3.63, 3.8) is 0 Å². The molecule has 3 rings (SSSR count). The Hall–Kier alpha value is -2.68. The number of aromatic nitrogens is 1. The number of carbonyl (C=O) groups excluding carboxylic acids is 1. The number of rotatable bonds is 7. The fourth-order valence-corrected chi connectivity index (χ4v) is 3.41. The van der Waals surface area contributed by atoms with E-state index in [1.807, 2.05) is 6.07 Å². The Bertz CT molecular complexity index is 1050. The minimum Gasteiger partial charge on any atom is -0.467 e. The van der Waals surface area contributed by atoms with Gasteiger partial charge in [0.25, 0.3) is 5.91 Å². The number of aryl methyl sites for hydroxylation is 1. The molecule has 0 atom stereocenters. The first-order valence-corrected chi connectivity index (χ1v) is 10.1. The topological polar surface area (TPSA) is 115 Å². The summed E-state index contributed by atoms with van der Waals surface area (Å²) in [5, 5.41) is 13.4. The summed E-state index contributed by atoms with van der Waals surface area (Å²) in [7, 11) is 1.52.